The van der Waals surface area contributed by atoms with Gasteiger partial charge in [-0.05, 0) is 19.8 Å². The third-order valence-corrected chi connectivity index (χ3v) is 4.29. The lowest BCUT2D eigenvalue weighted by Gasteiger charge is -2.28. The number of hydrogen-bond acceptors (Lipinski definition) is 5. The zero-order valence-electron chi connectivity index (χ0n) is 10.5. The molecule has 100 valence electrons. The Labute approximate surface area is 114 Å². The molecular weight excluding hydrogens is 266 g/mol. The monoisotopic (exact) mass is 279 g/mol. The summed E-state index contributed by atoms with van der Waals surface area (Å²) in [5.41, 5.74) is 0.000242. The second-order valence-electron chi connectivity index (χ2n) is 4.50. The highest BCUT2D eigenvalue weighted by molar-refractivity contribution is 7.14. The van der Waals surface area contributed by atoms with Gasteiger partial charge in [0.15, 0.2) is 0 Å². The SMILES string of the molecule is Cc1sc(C(=O)N2CCC(C#N)CC2)cc1[N+](=O)[O-]. The topological polar surface area (TPSA) is 87.2 Å². The highest BCUT2D eigenvalue weighted by Gasteiger charge is 2.26. The lowest BCUT2D eigenvalue weighted by Crippen LogP contribution is -2.37. The fraction of sp³-hybridized carbons (Fsp3) is 0.500. The molecule has 1 saturated heterocycles. The van der Waals surface area contributed by atoms with Crippen LogP contribution in [0.1, 0.15) is 27.4 Å². The van der Waals surface area contributed by atoms with Gasteiger partial charge in [-0.25, -0.2) is 0 Å². The molecule has 0 saturated carbocycles. The Morgan fingerprint density at radius 2 is 2.21 bits per heavy atom. The number of nitriles is 1. The van der Waals surface area contributed by atoms with Crippen molar-refractivity contribution in [2.24, 2.45) is 5.92 Å². The first-order valence-electron chi connectivity index (χ1n) is 5.96. The Kier molecular flexibility index (Phi) is 3.81. The van der Waals surface area contributed by atoms with Crippen molar-refractivity contribution < 1.29 is 9.72 Å². The third-order valence-electron chi connectivity index (χ3n) is 3.26. The minimum absolute atomic E-state index is 0.000242. The average molecular weight is 279 g/mol. The van der Waals surface area contributed by atoms with Crippen molar-refractivity contribution in [2.45, 2.75) is 19.8 Å². The number of hydrogen-bond donors (Lipinski definition) is 0. The molecule has 0 spiro atoms. The lowest BCUT2D eigenvalue weighted by molar-refractivity contribution is -0.385. The summed E-state index contributed by atoms with van der Waals surface area (Å²) < 4.78 is 0. The first-order chi connectivity index (χ1) is 9.02. The van der Waals surface area contributed by atoms with Gasteiger partial charge < -0.3 is 4.90 Å². The molecule has 0 aromatic carbocycles. The zero-order valence-corrected chi connectivity index (χ0v) is 11.3. The molecule has 0 unspecified atom stereocenters. The molecule has 1 fully saturated rings. The van der Waals surface area contributed by atoms with E-state index in [0.717, 1.165) is 11.3 Å². The number of thiophene rings is 1. The minimum atomic E-state index is -0.468. The van der Waals surface area contributed by atoms with Crippen molar-refractivity contribution in [3.8, 4) is 6.07 Å². The Hall–Kier alpha value is -1.94. The van der Waals surface area contributed by atoms with Crippen molar-refractivity contribution in [1.82, 2.24) is 4.90 Å². The average Bonchev–Trinajstić information content (AvgIpc) is 2.80. The number of carbonyl (C=O) groups is 1. The smallest absolute Gasteiger partial charge is 0.283 e. The molecule has 7 heteroatoms. The van der Waals surface area contributed by atoms with E-state index in [0.29, 0.717) is 35.7 Å². The summed E-state index contributed by atoms with van der Waals surface area (Å²) in [6, 6.07) is 3.55. The van der Waals surface area contributed by atoms with Crippen LogP contribution in [0.3, 0.4) is 0 Å². The number of amides is 1. The molecule has 0 N–H and O–H groups in total. The van der Waals surface area contributed by atoms with Crippen molar-refractivity contribution in [2.75, 3.05) is 13.1 Å². The van der Waals surface area contributed by atoms with E-state index in [2.05, 4.69) is 6.07 Å². The van der Waals surface area contributed by atoms with Gasteiger partial charge in [-0.1, -0.05) is 0 Å². The quantitative estimate of drug-likeness (QED) is 0.614. The number of aryl methyl sites for hydroxylation is 1. The lowest BCUT2D eigenvalue weighted by atomic mass is 9.98. The number of nitro groups is 1. The fourth-order valence-corrected chi connectivity index (χ4v) is 3.08. The van der Waals surface area contributed by atoms with Crippen molar-refractivity contribution in [3.63, 3.8) is 0 Å². The Bertz CT molecular complexity index is 553. The van der Waals surface area contributed by atoms with Crippen molar-refractivity contribution in [3.05, 3.63) is 25.9 Å². The van der Waals surface area contributed by atoms with E-state index in [1.165, 1.54) is 6.07 Å². The molecule has 0 radical (unpaired) electrons. The van der Waals surface area contributed by atoms with Crippen molar-refractivity contribution in [1.29, 1.82) is 5.26 Å². The van der Waals surface area contributed by atoms with Crippen LogP contribution in [0.4, 0.5) is 5.69 Å². The largest absolute Gasteiger partial charge is 0.338 e. The molecule has 2 rings (SSSR count). The highest BCUT2D eigenvalue weighted by Crippen LogP contribution is 2.29. The van der Waals surface area contributed by atoms with E-state index in [-0.39, 0.29) is 17.5 Å². The molecular formula is C12H13N3O3S. The van der Waals surface area contributed by atoms with E-state index in [4.69, 9.17) is 5.26 Å². The van der Waals surface area contributed by atoms with E-state index in [1.807, 2.05) is 0 Å². The third kappa shape index (κ3) is 2.74. The van der Waals surface area contributed by atoms with Gasteiger partial charge in [-0.3, -0.25) is 14.9 Å². The molecule has 1 aromatic rings. The molecule has 1 amide bonds. The van der Waals surface area contributed by atoms with Crippen LogP contribution in [0.2, 0.25) is 0 Å². The summed E-state index contributed by atoms with van der Waals surface area (Å²) in [6.07, 6.45) is 1.35. The summed E-state index contributed by atoms with van der Waals surface area (Å²) in [4.78, 5) is 25.1. The van der Waals surface area contributed by atoms with E-state index >= 15 is 0 Å². The van der Waals surface area contributed by atoms with E-state index in [1.54, 1.807) is 11.8 Å². The number of carbonyl (C=O) groups excluding carboxylic acids is 1. The standard InChI is InChI=1S/C12H13N3O3S/c1-8-10(15(17)18)6-11(19-8)12(16)14-4-2-9(7-13)3-5-14/h6,9H,2-5H2,1H3. The first-order valence-corrected chi connectivity index (χ1v) is 6.78. The maximum Gasteiger partial charge on any atom is 0.283 e. The van der Waals surface area contributed by atoms with Gasteiger partial charge in [0, 0.05) is 25.1 Å². The van der Waals surface area contributed by atoms with Crippen molar-refractivity contribution >= 4 is 22.9 Å². The number of rotatable bonds is 2. The van der Waals surface area contributed by atoms with Crippen LogP contribution in [0, 0.1) is 34.3 Å². The van der Waals surface area contributed by atoms with Gasteiger partial charge in [0.1, 0.15) is 0 Å². The van der Waals surface area contributed by atoms with Crippen LogP contribution in [0.25, 0.3) is 0 Å². The molecule has 0 aliphatic carbocycles. The molecule has 0 bridgehead atoms. The van der Waals surface area contributed by atoms with Crippen LogP contribution >= 0.6 is 11.3 Å². The minimum Gasteiger partial charge on any atom is -0.338 e. The summed E-state index contributed by atoms with van der Waals surface area (Å²) >= 11 is 1.15. The van der Waals surface area contributed by atoms with Gasteiger partial charge in [-0.15, -0.1) is 11.3 Å². The van der Waals surface area contributed by atoms with Crippen LogP contribution in [-0.4, -0.2) is 28.8 Å². The van der Waals surface area contributed by atoms with Crippen LogP contribution in [0.15, 0.2) is 6.07 Å². The first kappa shape index (κ1) is 13.5. The molecule has 6 nitrogen and oxygen atoms in total. The summed E-state index contributed by atoms with van der Waals surface area (Å²) in [7, 11) is 0. The molecule has 1 aliphatic heterocycles. The summed E-state index contributed by atoms with van der Waals surface area (Å²) in [6.45, 7) is 2.73. The summed E-state index contributed by atoms with van der Waals surface area (Å²) in [5, 5.41) is 19.6. The number of piperidine rings is 1. The second kappa shape index (κ2) is 5.36. The van der Waals surface area contributed by atoms with Gasteiger partial charge in [0.05, 0.1) is 20.7 Å². The normalized spacial score (nSPS) is 16.1. The maximum absolute atomic E-state index is 12.2. The van der Waals surface area contributed by atoms with E-state index < -0.39 is 4.92 Å². The molecule has 19 heavy (non-hydrogen) atoms. The van der Waals surface area contributed by atoms with Gasteiger partial charge in [-0.2, -0.15) is 5.26 Å². The predicted molar refractivity (Wildman–Crippen MR) is 70.0 cm³/mol. The Balaban J connectivity index is 2.11. The fourth-order valence-electron chi connectivity index (χ4n) is 2.13. The highest BCUT2D eigenvalue weighted by atomic mass is 32.1. The number of likely N-dealkylation sites (tertiary alicyclic amines) is 1. The van der Waals surface area contributed by atoms with Gasteiger partial charge in [0.2, 0.25) is 0 Å². The van der Waals surface area contributed by atoms with Crippen LogP contribution in [-0.2, 0) is 0 Å². The maximum atomic E-state index is 12.2. The second-order valence-corrected chi connectivity index (χ2v) is 5.76. The van der Waals surface area contributed by atoms with Gasteiger partial charge >= 0.3 is 0 Å². The molecule has 2 heterocycles. The zero-order chi connectivity index (χ0) is 14.0. The Morgan fingerprint density at radius 1 is 1.58 bits per heavy atom. The number of nitrogens with zero attached hydrogens (tertiary/aromatic N) is 3. The molecule has 1 aliphatic rings. The van der Waals surface area contributed by atoms with Gasteiger partial charge in [0.25, 0.3) is 11.6 Å². The summed E-state index contributed by atoms with van der Waals surface area (Å²) in [5.74, 6) is -0.152. The molecule has 1 aromatic heterocycles. The molecule has 0 atom stereocenters. The van der Waals surface area contributed by atoms with Crippen LogP contribution in [0.5, 0.6) is 0 Å². The predicted octanol–water partition coefficient (Wildman–Crippen LogP) is 2.34. The Morgan fingerprint density at radius 3 is 2.68 bits per heavy atom. The van der Waals surface area contributed by atoms with Crippen LogP contribution < -0.4 is 0 Å². The van der Waals surface area contributed by atoms with E-state index in [9.17, 15) is 14.9 Å².